The highest BCUT2D eigenvalue weighted by molar-refractivity contribution is 7.47. The fourth-order valence-electron chi connectivity index (χ4n) is 11.0. The second kappa shape index (κ2) is 77.6. The molecular weight excluding hydrogens is 1340 g/mol. The van der Waals surface area contributed by atoms with E-state index in [4.69, 9.17) is 32.3 Å². The highest BCUT2D eigenvalue weighted by atomic mass is 31.2. The van der Waals surface area contributed by atoms with Gasteiger partial charge >= 0.3 is 33.6 Å². The molecule has 0 saturated carbocycles. The number of aliphatic hydroxyl groups excluding tert-OH is 2. The molecule has 5 unspecified atom stereocenters. The fraction of sp³-hybridized carbons (Fsp3) is 0.729. The number of unbranched alkanes of at least 4 members (excludes halogenated alkanes) is 34. The van der Waals surface area contributed by atoms with E-state index >= 15 is 0 Å². The first-order valence-corrected chi connectivity index (χ1v) is 43.8. The molecule has 103 heavy (non-hydrogen) atoms. The third kappa shape index (κ3) is 78.8. The standard InChI is InChI=1S/C85H148O16P2/c1-4-7-10-13-16-19-22-25-28-30-31-32-33-34-35-36-37-38-39-40-41-42-43-44-45-46-47-49-52-53-56-59-62-65-68-71-83(88)95-74-80(86)75-97-102(91,92)98-76-81(87)77-99-103(93,94)100-79-82(101-85(90)73-70-67-64-61-58-55-50-27-24-21-18-15-12-9-6-3)78-96-84(89)72-69-66-63-60-57-54-51-48-29-26-23-20-17-14-11-8-5-2/h7-8,10-11,16-17,19-20,25-29,31-32,34-35,50-51,54,80-82,86-87H,4-6,9,12-15,18,21-24,30,33,36-49,52-53,55-79H2,1-3H3,(H,91,92)(H,93,94)/b10-7-,11-8-,19-16-,20-17-,28-25-,29-26-,32-31-,35-34-,50-27-,54-51-. The minimum absolute atomic E-state index is 0.0887. The van der Waals surface area contributed by atoms with Gasteiger partial charge in [-0.2, -0.15) is 0 Å². The van der Waals surface area contributed by atoms with Crippen molar-refractivity contribution in [3.05, 3.63) is 122 Å². The predicted octanol–water partition coefficient (Wildman–Crippen LogP) is 24.1. The van der Waals surface area contributed by atoms with Crippen molar-refractivity contribution in [3.63, 3.8) is 0 Å². The third-order valence-electron chi connectivity index (χ3n) is 17.2. The molecule has 0 aliphatic carbocycles. The van der Waals surface area contributed by atoms with E-state index in [0.717, 1.165) is 141 Å². The molecule has 4 N–H and O–H groups in total. The van der Waals surface area contributed by atoms with Crippen LogP contribution in [-0.2, 0) is 55.8 Å². The first-order chi connectivity index (χ1) is 50.2. The number of ether oxygens (including phenoxy) is 3. The summed E-state index contributed by atoms with van der Waals surface area (Å²) in [4.78, 5) is 58.6. The summed E-state index contributed by atoms with van der Waals surface area (Å²) in [5.74, 6) is -1.60. The fourth-order valence-corrected chi connectivity index (χ4v) is 12.6. The number of phosphoric ester groups is 2. The number of carbonyl (C=O) groups is 3. The molecule has 0 aromatic rings. The lowest BCUT2D eigenvalue weighted by Gasteiger charge is -2.21. The van der Waals surface area contributed by atoms with Gasteiger partial charge in [-0.1, -0.05) is 316 Å². The van der Waals surface area contributed by atoms with Gasteiger partial charge in [0.25, 0.3) is 0 Å². The van der Waals surface area contributed by atoms with Gasteiger partial charge in [0.1, 0.15) is 25.4 Å². The Morgan fingerprint density at radius 2 is 0.515 bits per heavy atom. The zero-order valence-electron chi connectivity index (χ0n) is 65.0. The molecule has 594 valence electrons. The number of esters is 3. The first-order valence-electron chi connectivity index (χ1n) is 40.8. The maximum atomic E-state index is 12.9. The number of phosphoric acid groups is 2. The van der Waals surface area contributed by atoms with Crippen LogP contribution in [0.15, 0.2) is 122 Å². The van der Waals surface area contributed by atoms with Crippen LogP contribution in [0.2, 0.25) is 0 Å². The Hall–Kier alpha value is -4.05. The summed E-state index contributed by atoms with van der Waals surface area (Å²) in [6.07, 6.45) is 92.7. The van der Waals surface area contributed by atoms with E-state index in [1.165, 1.54) is 141 Å². The molecule has 0 heterocycles. The van der Waals surface area contributed by atoms with Gasteiger partial charge < -0.3 is 34.2 Å². The topological polar surface area (TPSA) is 231 Å². The lowest BCUT2D eigenvalue weighted by atomic mass is 10.0. The Labute approximate surface area is 627 Å². The van der Waals surface area contributed by atoms with E-state index < -0.39 is 91.5 Å². The monoisotopic (exact) mass is 1490 g/mol. The Balaban J connectivity index is 4.38. The summed E-state index contributed by atoms with van der Waals surface area (Å²) >= 11 is 0. The quantitative estimate of drug-likeness (QED) is 0.0146. The lowest BCUT2D eigenvalue weighted by Crippen LogP contribution is -2.30. The SMILES string of the molecule is CC/C=C\C/C=C\C/C=C\C/C=C\C/C=C\CCCCCCCCCCCCCCCCCCCCCC(=O)OCC(O)COP(=O)(O)OCC(O)COP(=O)(O)OCC(COC(=O)CCCCCC/C=C\C/C=C\C/C=C\C/C=C\CC)OC(=O)CCCCCCC/C=C\CCCCCCCC. The van der Waals surface area contributed by atoms with Crippen LogP contribution in [0.3, 0.4) is 0 Å². The number of aliphatic hydroxyl groups is 2. The molecule has 5 atom stereocenters. The summed E-state index contributed by atoms with van der Waals surface area (Å²) in [6.45, 7) is 2.44. The van der Waals surface area contributed by atoms with Crippen LogP contribution >= 0.6 is 15.6 Å². The van der Waals surface area contributed by atoms with Crippen LogP contribution < -0.4 is 0 Å². The first kappa shape index (κ1) is 98.9. The molecule has 0 aliphatic rings. The van der Waals surface area contributed by atoms with E-state index in [9.17, 15) is 43.5 Å². The number of hydrogen-bond donors (Lipinski definition) is 4. The largest absolute Gasteiger partial charge is 0.472 e. The minimum atomic E-state index is -4.94. The van der Waals surface area contributed by atoms with Gasteiger partial charge in [0.15, 0.2) is 6.10 Å². The molecule has 16 nitrogen and oxygen atoms in total. The zero-order valence-corrected chi connectivity index (χ0v) is 66.7. The zero-order chi connectivity index (χ0) is 75.2. The second-order valence-electron chi connectivity index (χ2n) is 27.2. The van der Waals surface area contributed by atoms with Crippen molar-refractivity contribution in [1.82, 2.24) is 0 Å². The Morgan fingerprint density at radius 3 is 0.825 bits per heavy atom. The lowest BCUT2D eigenvalue weighted by molar-refractivity contribution is -0.161. The number of carbonyl (C=O) groups excluding carboxylic acids is 3. The normalized spacial score (nSPS) is 14.6. The number of allylic oxidation sites excluding steroid dienone is 20. The van der Waals surface area contributed by atoms with E-state index in [1.54, 1.807) is 0 Å². The van der Waals surface area contributed by atoms with Crippen molar-refractivity contribution < 1.29 is 75.8 Å². The summed E-state index contributed by atoms with van der Waals surface area (Å²) in [5.41, 5.74) is 0. The summed E-state index contributed by atoms with van der Waals surface area (Å²) in [6, 6.07) is 0. The summed E-state index contributed by atoms with van der Waals surface area (Å²) in [7, 11) is -9.79. The van der Waals surface area contributed by atoms with E-state index in [-0.39, 0.29) is 19.3 Å². The van der Waals surface area contributed by atoms with Crippen LogP contribution in [-0.4, -0.2) is 95.9 Å². The van der Waals surface area contributed by atoms with E-state index in [0.29, 0.717) is 19.3 Å². The number of hydrogen-bond acceptors (Lipinski definition) is 14. The van der Waals surface area contributed by atoms with Gasteiger partial charge in [-0.15, -0.1) is 0 Å². The molecule has 0 rings (SSSR count). The van der Waals surface area contributed by atoms with E-state index in [1.807, 2.05) is 0 Å². The average Bonchev–Trinajstić information content (AvgIpc) is 0.915. The predicted molar refractivity (Wildman–Crippen MR) is 427 cm³/mol. The smallest absolute Gasteiger partial charge is 0.463 e. The van der Waals surface area contributed by atoms with Crippen molar-refractivity contribution in [2.45, 2.75) is 360 Å². The van der Waals surface area contributed by atoms with Gasteiger partial charge in [0.2, 0.25) is 0 Å². The highest BCUT2D eigenvalue weighted by Crippen LogP contribution is 2.45. The molecule has 0 fully saturated rings. The Bertz CT molecular complexity index is 2360. The van der Waals surface area contributed by atoms with Crippen LogP contribution in [0.5, 0.6) is 0 Å². The maximum Gasteiger partial charge on any atom is 0.472 e. The van der Waals surface area contributed by atoms with Crippen LogP contribution in [0.4, 0.5) is 0 Å². The van der Waals surface area contributed by atoms with Crippen LogP contribution in [0.25, 0.3) is 0 Å². The molecular formula is C85H148O16P2. The molecule has 0 saturated heterocycles. The average molecular weight is 1490 g/mol. The summed E-state index contributed by atoms with van der Waals surface area (Å²) < 4.78 is 61.1. The van der Waals surface area contributed by atoms with Crippen molar-refractivity contribution >= 4 is 33.6 Å². The molecule has 0 spiro atoms. The second-order valence-corrected chi connectivity index (χ2v) is 30.1. The Kier molecular flexibility index (Phi) is 74.5. The van der Waals surface area contributed by atoms with Crippen molar-refractivity contribution in [2.75, 3.05) is 39.6 Å². The van der Waals surface area contributed by atoms with Gasteiger partial charge in [-0.05, 0) is 128 Å². The maximum absolute atomic E-state index is 12.9. The molecule has 0 aliphatic heterocycles. The molecule has 0 bridgehead atoms. The molecule has 0 aromatic carbocycles. The minimum Gasteiger partial charge on any atom is -0.463 e. The van der Waals surface area contributed by atoms with Gasteiger partial charge in [-0.25, -0.2) is 9.13 Å². The molecule has 0 aromatic heterocycles. The van der Waals surface area contributed by atoms with Crippen LogP contribution in [0.1, 0.15) is 342 Å². The highest BCUT2D eigenvalue weighted by Gasteiger charge is 2.29. The van der Waals surface area contributed by atoms with Crippen molar-refractivity contribution in [3.8, 4) is 0 Å². The van der Waals surface area contributed by atoms with Crippen LogP contribution in [0, 0.1) is 0 Å². The third-order valence-corrected chi connectivity index (χ3v) is 19.1. The Morgan fingerprint density at radius 1 is 0.282 bits per heavy atom. The summed E-state index contributed by atoms with van der Waals surface area (Å²) in [5, 5.41) is 20.6. The molecule has 0 amide bonds. The van der Waals surface area contributed by atoms with Crippen molar-refractivity contribution in [1.29, 1.82) is 0 Å². The molecule has 18 heteroatoms. The van der Waals surface area contributed by atoms with Gasteiger partial charge in [0.05, 0.1) is 26.4 Å². The van der Waals surface area contributed by atoms with E-state index in [2.05, 4.69) is 142 Å². The number of rotatable bonds is 77. The van der Waals surface area contributed by atoms with Gasteiger partial charge in [0, 0.05) is 19.3 Å². The molecule has 0 radical (unpaired) electrons. The van der Waals surface area contributed by atoms with Crippen molar-refractivity contribution in [2.24, 2.45) is 0 Å². The van der Waals surface area contributed by atoms with Gasteiger partial charge in [-0.3, -0.25) is 32.5 Å².